The third kappa shape index (κ3) is 7.04. The Balaban J connectivity index is 1.36. The normalized spacial score (nSPS) is 15.2. The Hall–Kier alpha value is -4.15. The summed E-state index contributed by atoms with van der Waals surface area (Å²) >= 11 is 0. The molecule has 1 fully saturated rings. The number of likely N-dealkylation sites (tertiary alicyclic amines) is 1. The first-order valence-corrected chi connectivity index (χ1v) is 12.3. The van der Waals surface area contributed by atoms with Crippen LogP contribution in [0, 0.1) is 5.82 Å². The molecule has 1 atom stereocenters. The van der Waals surface area contributed by atoms with Crippen molar-refractivity contribution in [1.29, 1.82) is 0 Å². The third-order valence-corrected chi connectivity index (χ3v) is 6.39. The van der Waals surface area contributed by atoms with E-state index in [-0.39, 0.29) is 23.6 Å². The zero-order valence-electron chi connectivity index (χ0n) is 21.5. The van der Waals surface area contributed by atoms with E-state index in [1.54, 1.807) is 0 Å². The largest absolute Gasteiger partial charge is 0.472 e. The van der Waals surface area contributed by atoms with E-state index in [9.17, 15) is 27.2 Å². The van der Waals surface area contributed by atoms with E-state index in [0.29, 0.717) is 32.1 Å². The van der Waals surface area contributed by atoms with Gasteiger partial charge in [0.1, 0.15) is 11.9 Å². The van der Waals surface area contributed by atoms with E-state index in [0.717, 1.165) is 35.5 Å². The third-order valence-electron chi connectivity index (χ3n) is 6.39. The van der Waals surface area contributed by atoms with Crippen molar-refractivity contribution in [3.8, 4) is 5.88 Å². The molecule has 0 aliphatic carbocycles. The minimum atomic E-state index is -4.50. The quantitative estimate of drug-likeness (QED) is 0.421. The number of benzene rings is 2. The molecule has 1 saturated heterocycles. The van der Waals surface area contributed by atoms with Crippen molar-refractivity contribution in [2.24, 2.45) is 0 Å². The Bertz CT molecular complexity index is 1310. The predicted molar refractivity (Wildman–Crippen MR) is 137 cm³/mol. The zero-order chi connectivity index (χ0) is 28.2. The molecule has 1 aliphatic heterocycles. The maximum Gasteiger partial charge on any atom is 0.417 e. The number of alkyl halides is 3. The molecule has 1 N–H and O–H groups in total. The molecule has 206 valence electrons. The maximum absolute atomic E-state index is 14.0. The van der Waals surface area contributed by atoms with Gasteiger partial charge in [-0.3, -0.25) is 9.59 Å². The standard InChI is InChI=1S/C28H28F4N4O3/c1-35(2)21-7-3-18(4-8-21)11-13-33-26(37)24-15-20(29)6-9-23(24)27(38)36-14-12-22(17-36)39-25-10-5-19(16-34-25)28(30,31)32/h3-10,15-16,22H,11-14,17H2,1-2H3,(H,33,37)/t22-/m1/s1. The Morgan fingerprint density at radius 3 is 2.46 bits per heavy atom. The number of hydrogen-bond donors (Lipinski definition) is 1. The van der Waals surface area contributed by atoms with Gasteiger partial charge in [-0.05, 0) is 48.4 Å². The Morgan fingerprint density at radius 1 is 1.08 bits per heavy atom. The van der Waals surface area contributed by atoms with Crippen LogP contribution in [-0.4, -0.2) is 61.5 Å². The summed E-state index contributed by atoms with van der Waals surface area (Å²) in [7, 11) is 3.89. The van der Waals surface area contributed by atoms with Gasteiger partial charge in [-0.1, -0.05) is 12.1 Å². The highest BCUT2D eigenvalue weighted by Gasteiger charge is 2.32. The molecule has 0 spiro atoms. The van der Waals surface area contributed by atoms with Crippen LogP contribution in [-0.2, 0) is 12.6 Å². The minimum absolute atomic E-state index is 0.0144. The number of anilines is 1. The number of nitrogens with zero attached hydrogens (tertiary/aromatic N) is 3. The van der Waals surface area contributed by atoms with Crippen molar-refractivity contribution in [2.75, 3.05) is 38.6 Å². The lowest BCUT2D eigenvalue weighted by atomic mass is 10.0. The van der Waals surface area contributed by atoms with Crippen LogP contribution in [0.2, 0.25) is 0 Å². The van der Waals surface area contributed by atoms with Crippen LogP contribution in [0.5, 0.6) is 5.88 Å². The van der Waals surface area contributed by atoms with Crippen molar-refractivity contribution < 1.29 is 31.9 Å². The SMILES string of the molecule is CN(C)c1ccc(CCNC(=O)c2cc(F)ccc2C(=O)N2CC[C@@H](Oc3ccc(C(F)(F)F)cn3)C2)cc1. The van der Waals surface area contributed by atoms with Gasteiger partial charge in [-0.25, -0.2) is 9.37 Å². The first kappa shape index (κ1) is 27.9. The van der Waals surface area contributed by atoms with E-state index in [4.69, 9.17) is 4.74 Å². The maximum atomic E-state index is 14.0. The van der Waals surface area contributed by atoms with Crippen LogP contribution < -0.4 is 15.0 Å². The molecule has 2 heterocycles. The Kier molecular flexibility index (Phi) is 8.37. The topological polar surface area (TPSA) is 74.8 Å². The minimum Gasteiger partial charge on any atom is -0.472 e. The monoisotopic (exact) mass is 544 g/mol. The molecule has 4 rings (SSSR count). The van der Waals surface area contributed by atoms with Crippen molar-refractivity contribution in [3.63, 3.8) is 0 Å². The fraction of sp³-hybridized carbons (Fsp3) is 0.321. The van der Waals surface area contributed by atoms with Crippen LogP contribution in [0.3, 0.4) is 0 Å². The fourth-order valence-corrected chi connectivity index (χ4v) is 4.23. The number of rotatable bonds is 8. The Labute approximate surface area is 223 Å². The average Bonchev–Trinajstić information content (AvgIpc) is 3.36. The van der Waals surface area contributed by atoms with Crippen molar-refractivity contribution in [3.05, 3.63) is 88.9 Å². The van der Waals surface area contributed by atoms with E-state index >= 15 is 0 Å². The molecule has 2 aromatic carbocycles. The molecule has 2 amide bonds. The molecule has 1 aromatic heterocycles. The summed E-state index contributed by atoms with van der Waals surface area (Å²) in [6.45, 7) is 0.735. The molecule has 0 radical (unpaired) electrons. The van der Waals surface area contributed by atoms with E-state index < -0.39 is 35.5 Å². The number of carbonyl (C=O) groups is 2. The van der Waals surface area contributed by atoms with Gasteiger partial charge < -0.3 is 19.9 Å². The summed E-state index contributed by atoms with van der Waals surface area (Å²) in [6, 6.07) is 13.3. The second kappa shape index (κ2) is 11.7. The number of halogens is 4. The van der Waals surface area contributed by atoms with Gasteiger partial charge in [0, 0.05) is 51.6 Å². The zero-order valence-corrected chi connectivity index (χ0v) is 21.5. The van der Waals surface area contributed by atoms with Gasteiger partial charge in [0.25, 0.3) is 11.8 Å². The molecule has 1 aliphatic rings. The van der Waals surface area contributed by atoms with Crippen molar-refractivity contribution in [1.82, 2.24) is 15.2 Å². The molecule has 0 bridgehead atoms. The predicted octanol–water partition coefficient (Wildman–Crippen LogP) is 4.57. The number of pyridine rings is 1. The molecule has 39 heavy (non-hydrogen) atoms. The smallest absolute Gasteiger partial charge is 0.417 e. The van der Waals surface area contributed by atoms with Crippen LogP contribution in [0.1, 0.15) is 38.3 Å². The number of aromatic nitrogens is 1. The average molecular weight is 545 g/mol. The lowest BCUT2D eigenvalue weighted by Crippen LogP contribution is -2.34. The van der Waals surface area contributed by atoms with Crippen molar-refractivity contribution >= 4 is 17.5 Å². The van der Waals surface area contributed by atoms with Crippen LogP contribution in [0.25, 0.3) is 0 Å². The summed E-state index contributed by atoms with van der Waals surface area (Å²) in [4.78, 5) is 33.3. The van der Waals surface area contributed by atoms with Crippen LogP contribution in [0.4, 0.5) is 23.2 Å². The first-order valence-electron chi connectivity index (χ1n) is 12.3. The van der Waals surface area contributed by atoms with Gasteiger partial charge in [-0.15, -0.1) is 0 Å². The van der Waals surface area contributed by atoms with Gasteiger partial charge >= 0.3 is 6.18 Å². The summed E-state index contributed by atoms with van der Waals surface area (Å²) in [5.74, 6) is -1.66. The molecular formula is C28H28F4N4O3. The Morgan fingerprint density at radius 2 is 1.82 bits per heavy atom. The summed E-state index contributed by atoms with van der Waals surface area (Å²) in [6.07, 6.45) is -3.33. The van der Waals surface area contributed by atoms with Gasteiger partial charge in [-0.2, -0.15) is 13.2 Å². The first-order chi connectivity index (χ1) is 18.5. The number of ether oxygens (including phenoxy) is 1. The lowest BCUT2D eigenvalue weighted by Gasteiger charge is -2.19. The molecule has 0 unspecified atom stereocenters. The highest BCUT2D eigenvalue weighted by Crippen LogP contribution is 2.29. The van der Waals surface area contributed by atoms with E-state index in [1.165, 1.54) is 11.0 Å². The molecular weight excluding hydrogens is 516 g/mol. The highest BCUT2D eigenvalue weighted by molar-refractivity contribution is 6.07. The summed E-state index contributed by atoms with van der Waals surface area (Å²) in [5, 5.41) is 2.75. The van der Waals surface area contributed by atoms with Gasteiger partial charge in [0.05, 0.1) is 23.2 Å². The summed E-state index contributed by atoms with van der Waals surface area (Å²) < 4.78 is 57.9. The summed E-state index contributed by atoms with van der Waals surface area (Å²) in [5.41, 5.74) is 1.16. The van der Waals surface area contributed by atoms with Crippen LogP contribution >= 0.6 is 0 Å². The number of hydrogen-bond acceptors (Lipinski definition) is 5. The lowest BCUT2D eigenvalue weighted by molar-refractivity contribution is -0.137. The molecule has 7 nitrogen and oxygen atoms in total. The number of carbonyl (C=O) groups excluding carboxylic acids is 2. The molecule has 3 aromatic rings. The number of amides is 2. The highest BCUT2D eigenvalue weighted by atomic mass is 19.4. The molecule has 0 saturated carbocycles. The number of nitrogens with one attached hydrogen (secondary N) is 1. The second-order valence-electron chi connectivity index (χ2n) is 9.42. The molecule has 11 heteroatoms. The van der Waals surface area contributed by atoms with Crippen LogP contribution in [0.15, 0.2) is 60.8 Å². The second-order valence-corrected chi connectivity index (χ2v) is 9.42. The fourth-order valence-electron chi connectivity index (χ4n) is 4.23. The van der Waals surface area contributed by atoms with E-state index in [1.807, 2.05) is 43.3 Å². The van der Waals surface area contributed by atoms with Gasteiger partial charge in [0.15, 0.2) is 0 Å². The van der Waals surface area contributed by atoms with Crippen molar-refractivity contribution in [2.45, 2.75) is 25.1 Å². The van der Waals surface area contributed by atoms with Gasteiger partial charge in [0.2, 0.25) is 5.88 Å². The van der Waals surface area contributed by atoms with E-state index in [2.05, 4.69) is 10.3 Å².